The van der Waals surface area contributed by atoms with Crippen LogP contribution in [0, 0.1) is 0 Å². The molecule has 110 valence electrons. The van der Waals surface area contributed by atoms with Gasteiger partial charge in [-0.1, -0.05) is 48.5 Å². The first-order valence-corrected chi connectivity index (χ1v) is 7.84. The summed E-state index contributed by atoms with van der Waals surface area (Å²) in [6, 6.07) is 17.0. The molecule has 1 aliphatic rings. The zero-order valence-corrected chi connectivity index (χ0v) is 12.4. The summed E-state index contributed by atoms with van der Waals surface area (Å²) in [5.41, 5.74) is 5.28. The predicted molar refractivity (Wildman–Crippen MR) is 86.2 cm³/mol. The number of aliphatic hydroxyl groups is 1. The van der Waals surface area contributed by atoms with Crippen molar-refractivity contribution in [2.75, 3.05) is 6.54 Å². The first-order valence-electron chi connectivity index (χ1n) is 7.84. The highest BCUT2D eigenvalue weighted by Gasteiger charge is 2.18. The van der Waals surface area contributed by atoms with Gasteiger partial charge in [0.05, 0.1) is 6.61 Å². The molecule has 2 aromatic rings. The van der Waals surface area contributed by atoms with Crippen LogP contribution in [-0.2, 0) is 19.6 Å². The van der Waals surface area contributed by atoms with Crippen molar-refractivity contribution >= 4 is 0 Å². The van der Waals surface area contributed by atoms with Crippen LogP contribution in [0.25, 0.3) is 0 Å². The maximum Gasteiger partial charge on any atom is 0.0681 e. The van der Waals surface area contributed by atoms with E-state index >= 15 is 0 Å². The van der Waals surface area contributed by atoms with E-state index in [0.717, 1.165) is 18.7 Å². The van der Waals surface area contributed by atoms with Crippen molar-refractivity contribution in [2.45, 2.75) is 38.3 Å². The molecule has 0 saturated heterocycles. The zero-order valence-electron chi connectivity index (χ0n) is 12.4. The molecule has 0 bridgehead atoms. The molecule has 0 aromatic heterocycles. The minimum Gasteiger partial charge on any atom is -0.392 e. The van der Waals surface area contributed by atoms with Gasteiger partial charge in [0.25, 0.3) is 0 Å². The number of nitrogens with one attached hydrogen (secondary N) is 1. The highest BCUT2D eigenvalue weighted by Crippen LogP contribution is 2.30. The molecule has 0 radical (unpaired) electrons. The van der Waals surface area contributed by atoms with Crippen LogP contribution in [0.2, 0.25) is 0 Å². The maximum atomic E-state index is 9.18. The summed E-state index contributed by atoms with van der Waals surface area (Å²) in [6.45, 7) is 2.01. The fraction of sp³-hybridized carbons (Fsp3) is 0.368. The van der Waals surface area contributed by atoms with E-state index in [1.807, 2.05) is 12.1 Å². The summed E-state index contributed by atoms with van der Waals surface area (Å²) in [6.07, 6.45) is 3.80. The van der Waals surface area contributed by atoms with Gasteiger partial charge in [-0.2, -0.15) is 0 Å². The molecule has 0 amide bonds. The third-order valence-electron chi connectivity index (χ3n) is 4.39. The molecule has 2 aromatic carbocycles. The molecule has 0 fully saturated rings. The second-order valence-electron chi connectivity index (χ2n) is 5.90. The second-order valence-corrected chi connectivity index (χ2v) is 5.90. The van der Waals surface area contributed by atoms with Gasteiger partial charge in [-0.3, -0.25) is 0 Å². The Kier molecular flexibility index (Phi) is 4.69. The average molecular weight is 281 g/mol. The molecule has 1 atom stereocenters. The highest BCUT2D eigenvalue weighted by molar-refractivity contribution is 5.33. The van der Waals surface area contributed by atoms with Gasteiger partial charge in [0.2, 0.25) is 0 Å². The van der Waals surface area contributed by atoms with E-state index in [-0.39, 0.29) is 6.61 Å². The van der Waals surface area contributed by atoms with E-state index in [4.69, 9.17) is 0 Å². The van der Waals surface area contributed by atoms with E-state index < -0.39 is 0 Å². The molecule has 2 heteroatoms. The standard InChI is InChI=1S/C19H23NO/c21-14-16-6-3-5-15(11-16)12-20-13-18-9-4-8-17-7-1-2-10-19(17)18/h1-3,5-7,10-11,18,20-21H,4,8-9,12-14H2. The van der Waals surface area contributed by atoms with Gasteiger partial charge in [0, 0.05) is 13.1 Å². The van der Waals surface area contributed by atoms with Crippen LogP contribution in [0.3, 0.4) is 0 Å². The molecule has 0 heterocycles. The van der Waals surface area contributed by atoms with E-state index in [9.17, 15) is 5.11 Å². The normalized spacial score (nSPS) is 17.5. The Balaban J connectivity index is 1.59. The number of hydrogen-bond donors (Lipinski definition) is 2. The summed E-state index contributed by atoms with van der Waals surface area (Å²) in [4.78, 5) is 0. The molecule has 0 saturated carbocycles. The molecular formula is C19H23NO. The monoisotopic (exact) mass is 281 g/mol. The van der Waals surface area contributed by atoms with Crippen LogP contribution in [0.4, 0.5) is 0 Å². The van der Waals surface area contributed by atoms with E-state index in [1.165, 1.54) is 36.0 Å². The summed E-state index contributed by atoms with van der Waals surface area (Å²) >= 11 is 0. The Bertz CT molecular complexity index is 594. The topological polar surface area (TPSA) is 32.3 Å². The zero-order chi connectivity index (χ0) is 14.5. The molecule has 0 spiro atoms. The fourth-order valence-corrected chi connectivity index (χ4v) is 3.30. The largest absolute Gasteiger partial charge is 0.392 e. The van der Waals surface area contributed by atoms with Gasteiger partial charge >= 0.3 is 0 Å². The van der Waals surface area contributed by atoms with Gasteiger partial charge in [-0.25, -0.2) is 0 Å². The minimum atomic E-state index is 0.115. The Morgan fingerprint density at radius 1 is 1.05 bits per heavy atom. The summed E-state index contributed by atoms with van der Waals surface area (Å²) in [5, 5.41) is 12.8. The molecule has 1 unspecified atom stereocenters. The number of aliphatic hydroxyl groups excluding tert-OH is 1. The number of aryl methyl sites for hydroxylation is 1. The molecule has 0 aliphatic heterocycles. The maximum absolute atomic E-state index is 9.18. The van der Waals surface area contributed by atoms with Crippen molar-refractivity contribution in [1.82, 2.24) is 5.32 Å². The first-order chi connectivity index (χ1) is 10.4. The van der Waals surface area contributed by atoms with Gasteiger partial charge in [0.15, 0.2) is 0 Å². The van der Waals surface area contributed by atoms with E-state index in [0.29, 0.717) is 5.92 Å². The molecule has 2 N–H and O–H groups in total. The second kappa shape index (κ2) is 6.88. The smallest absolute Gasteiger partial charge is 0.0681 e. The van der Waals surface area contributed by atoms with Crippen molar-refractivity contribution in [3.63, 3.8) is 0 Å². The first kappa shape index (κ1) is 14.3. The van der Waals surface area contributed by atoms with Gasteiger partial charge in [0.1, 0.15) is 0 Å². The van der Waals surface area contributed by atoms with Gasteiger partial charge < -0.3 is 10.4 Å². The van der Waals surface area contributed by atoms with E-state index in [2.05, 4.69) is 41.7 Å². The van der Waals surface area contributed by atoms with Crippen molar-refractivity contribution in [3.8, 4) is 0 Å². The average Bonchev–Trinajstić information content (AvgIpc) is 2.55. The van der Waals surface area contributed by atoms with Crippen molar-refractivity contribution < 1.29 is 5.11 Å². The van der Waals surface area contributed by atoms with Crippen LogP contribution in [0.15, 0.2) is 48.5 Å². The lowest BCUT2D eigenvalue weighted by Crippen LogP contribution is -2.24. The van der Waals surface area contributed by atoms with Crippen LogP contribution in [-0.4, -0.2) is 11.7 Å². The Morgan fingerprint density at radius 2 is 1.90 bits per heavy atom. The summed E-state index contributed by atoms with van der Waals surface area (Å²) < 4.78 is 0. The predicted octanol–water partition coefficient (Wildman–Crippen LogP) is 3.39. The van der Waals surface area contributed by atoms with Crippen molar-refractivity contribution in [3.05, 3.63) is 70.8 Å². The van der Waals surface area contributed by atoms with Crippen LogP contribution in [0.5, 0.6) is 0 Å². The number of fused-ring (bicyclic) bond motifs is 1. The highest BCUT2D eigenvalue weighted by atomic mass is 16.3. The number of hydrogen-bond acceptors (Lipinski definition) is 2. The molecule has 21 heavy (non-hydrogen) atoms. The number of rotatable bonds is 5. The third kappa shape index (κ3) is 3.52. The lowest BCUT2D eigenvalue weighted by molar-refractivity contribution is 0.281. The Morgan fingerprint density at radius 3 is 2.81 bits per heavy atom. The molecule has 3 rings (SSSR count). The lowest BCUT2D eigenvalue weighted by Gasteiger charge is -2.25. The van der Waals surface area contributed by atoms with Crippen molar-refractivity contribution in [2.24, 2.45) is 0 Å². The summed E-state index contributed by atoms with van der Waals surface area (Å²) in [7, 11) is 0. The Labute approximate surface area is 126 Å². The Hall–Kier alpha value is -1.64. The summed E-state index contributed by atoms with van der Waals surface area (Å²) in [5.74, 6) is 0.635. The van der Waals surface area contributed by atoms with Crippen LogP contribution in [0.1, 0.15) is 41.0 Å². The van der Waals surface area contributed by atoms with Gasteiger partial charge in [-0.05, 0) is 47.4 Å². The number of benzene rings is 2. The fourth-order valence-electron chi connectivity index (χ4n) is 3.30. The molecular weight excluding hydrogens is 258 g/mol. The van der Waals surface area contributed by atoms with Crippen molar-refractivity contribution in [1.29, 1.82) is 0 Å². The molecule has 2 nitrogen and oxygen atoms in total. The van der Waals surface area contributed by atoms with Gasteiger partial charge in [-0.15, -0.1) is 0 Å². The SMILES string of the molecule is OCc1cccc(CNCC2CCCc3ccccc32)c1. The minimum absolute atomic E-state index is 0.115. The van der Waals surface area contributed by atoms with E-state index in [1.54, 1.807) is 0 Å². The molecule has 1 aliphatic carbocycles. The van der Waals surface area contributed by atoms with Crippen LogP contribution >= 0.6 is 0 Å². The lowest BCUT2D eigenvalue weighted by atomic mass is 9.83. The quantitative estimate of drug-likeness (QED) is 0.880. The van der Waals surface area contributed by atoms with Crippen LogP contribution < -0.4 is 5.32 Å². The third-order valence-corrected chi connectivity index (χ3v) is 4.39.